The highest BCUT2D eigenvalue weighted by molar-refractivity contribution is 5.80. The molecular formula is C14H25NO4. The molecule has 1 rings (SSSR count). The number of carbonyl (C=O) groups is 2. The number of carboxylic acids is 1. The molecule has 110 valence electrons. The average molecular weight is 271 g/mol. The van der Waals surface area contributed by atoms with Crippen molar-refractivity contribution in [2.75, 3.05) is 19.8 Å². The maximum absolute atomic E-state index is 12.5. The Balaban J connectivity index is 2.81. The second kappa shape index (κ2) is 7.48. The molecule has 0 aromatic rings. The van der Waals surface area contributed by atoms with Crippen LogP contribution in [-0.2, 0) is 14.3 Å². The van der Waals surface area contributed by atoms with Crippen molar-refractivity contribution in [1.29, 1.82) is 0 Å². The second-order valence-electron chi connectivity index (χ2n) is 5.27. The molecular weight excluding hydrogens is 246 g/mol. The van der Waals surface area contributed by atoms with Gasteiger partial charge in [-0.2, -0.15) is 0 Å². The molecule has 0 bridgehead atoms. The summed E-state index contributed by atoms with van der Waals surface area (Å²) >= 11 is 0. The monoisotopic (exact) mass is 271 g/mol. The fourth-order valence-corrected chi connectivity index (χ4v) is 2.61. The minimum atomic E-state index is -0.875. The molecule has 1 aliphatic rings. The normalized spacial score (nSPS) is 24.2. The molecule has 1 fully saturated rings. The van der Waals surface area contributed by atoms with Crippen LogP contribution < -0.4 is 0 Å². The molecule has 0 radical (unpaired) electrons. The number of nitrogens with zero attached hydrogens (tertiary/aromatic N) is 1. The summed E-state index contributed by atoms with van der Waals surface area (Å²) in [6.07, 6.45) is 2.62. The lowest BCUT2D eigenvalue weighted by atomic mass is 9.98. The highest BCUT2D eigenvalue weighted by atomic mass is 16.5. The molecule has 1 saturated heterocycles. The van der Waals surface area contributed by atoms with Gasteiger partial charge in [0, 0.05) is 12.5 Å². The minimum Gasteiger partial charge on any atom is -0.481 e. The van der Waals surface area contributed by atoms with Crippen molar-refractivity contribution in [3.05, 3.63) is 0 Å². The Bertz CT molecular complexity index is 319. The molecule has 3 unspecified atom stereocenters. The first-order chi connectivity index (χ1) is 9.02. The predicted octanol–water partition coefficient (Wildman–Crippen LogP) is 1.76. The topological polar surface area (TPSA) is 66.8 Å². The maximum Gasteiger partial charge on any atom is 0.311 e. The number of hydrogen-bond acceptors (Lipinski definition) is 3. The lowest BCUT2D eigenvalue weighted by Crippen LogP contribution is -2.48. The highest BCUT2D eigenvalue weighted by Gasteiger charge is 2.40. The number of ether oxygens (including phenoxy) is 1. The number of hydrogen-bond donors (Lipinski definition) is 1. The van der Waals surface area contributed by atoms with Crippen molar-refractivity contribution in [2.24, 2.45) is 11.8 Å². The van der Waals surface area contributed by atoms with Crippen LogP contribution in [0.2, 0.25) is 0 Å². The summed E-state index contributed by atoms with van der Waals surface area (Å²) < 4.78 is 5.27. The Morgan fingerprint density at radius 3 is 2.53 bits per heavy atom. The van der Waals surface area contributed by atoms with Crippen LogP contribution in [-0.4, -0.2) is 47.7 Å². The van der Waals surface area contributed by atoms with E-state index in [2.05, 4.69) is 0 Å². The highest BCUT2D eigenvalue weighted by Crippen LogP contribution is 2.23. The van der Waals surface area contributed by atoms with E-state index in [-0.39, 0.29) is 24.5 Å². The second-order valence-corrected chi connectivity index (χ2v) is 5.27. The molecule has 1 aliphatic heterocycles. The van der Waals surface area contributed by atoms with Gasteiger partial charge in [0.25, 0.3) is 0 Å². The number of carbonyl (C=O) groups excluding carboxylic acids is 1. The van der Waals surface area contributed by atoms with Gasteiger partial charge < -0.3 is 14.7 Å². The number of rotatable bonds is 7. The number of carboxylic acid groups (broad SMARTS) is 1. The summed E-state index contributed by atoms with van der Waals surface area (Å²) in [5.41, 5.74) is 0. The summed E-state index contributed by atoms with van der Waals surface area (Å²) in [5.74, 6) is -1.46. The molecule has 5 nitrogen and oxygen atoms in total. The maximum atomic E-state index is 12.5. The Hall–Kier alpha value is -1.10. The smallest absolute Gasteiger partial charge is 0.311 e. The van der Waals surface area contributed by atoms with Crippen LogP contribution in [0.5, 0.6) is 0 Å². The van der Waals surface area contributed by atoms with E-state index in [1.165, 1.54) is 0 Å². The molecule has 5 heteroatoms. The first-order valence-corrected chi connectivity index (χ1v) is 7.13. The quantitative estimate of drug-likeness (QED) is 0.766. The van der Waals surface area contributed by atoms with Gasteiger partial charge in [-0.05, 0) is 12.8 Å². The van der Waals surface area contributed by atoms with Crippen LogP contribution in [0, 0.1) is 11.8 Å². The zero-order valence-corrected chi connectivity index (χ0v) is 12.1. The number of aliphatic carboxylic acids is 1. The molecule has 0 aromatic heterocycles. The fourth-order valence-electron chi connectivity index (χ4n) is 2.61. The molecule has 1 heterocycles. The van der Waals surface area contributed by atoms with Gasteiger partial charge in [-0.25, -0.2) is 0 Å². The Morgan fingerprint density at radius 1 is 1.32 bits per heavy atom. The average Bonchev–Trinajstić information content (AvgIpc) is 2.84. The van der Waals surface area contributed by atoms with Crippen molar-refractivity contribution in [1.82, 2.24) is 4.90 Å². The summed E-state index contributed by atoms with van der Waals surface area (Å²) in [6, 6.07) is -0.316. The Kier molecular flexibility index (Phi) is 6.28. The summed E-state index contributed by atoms with van der Waals surface area (Å²) in [7, 11) is 0. The molecule has 1 N–H and O–H groups in total. The molecule has 3 atom stereocenters. The van der Waals surface area contributed by atoms with Crippen molar-refractivity contribution in [2.45, 2.75) is 46.1 Å². The van der Waals surface area contributed by atoms with E-state index >= 15 is 0 Å². The van der Waals surface area contributed by atoms with Gasteiger partial charge in [0.1, 0.15) is 5.92 Å². The third kappa shape index (κ3) is 3.93. The Morgan fingerprint density at radius 2 is 2.00 bits per heavy atom. The van der Waals surface area contributed by atoms with Gasteiger partial charge in [0.05, 0.1) is 19.3 Å². The molecule has 0 aromatic carbocycles. The zero-order valence-electron chi connectivity index (χ0n) is 12.1. The van der Waals surface area contributed by atoms with Crippen LogP contribution in [0.3, 0.4) is 0 Å². The van der Waals surface area contributed by atoms with Gasteiger partial charge in [0.15, 0.2) is 0 Å². The Labute approximate surface area is 114 Å². The van der Waals surface area contributed by atoms with E-state index in [1.54, 1.807) is 4.90 Å². The van der Waals surface area contributed by atoms with Crippen molar-refractivity contribution in [3.63, 3.8) is 0 Å². The van der Waals surface area contributed by atoms with E-state index in [0.717, 1.165) is 19.3 Å². The first-order valence-electron chi connectivity index (χ1n) is 7.13. The SMILES string of the molecule is CCCC(C)C(=O)N(CCC)C1COCC1C(=O)O. The van der Waals surface area contributed by atoms with E-state index < -0.39 is 11.9 Å². The van der Waals surface area contributed by atoms with Gasteiger partial charge in [-0.3, -0.25) is 9.59 Å². The van der Waals surface area contributed by atoms with E-state index in [1.807, 2.05) is 20.8 Å². The van der Waals surface area contributed by atoms with E-state index in [0.29, 0.717) is 13.2 Å². The third-order valence-corrected chi connectivity index (χ3v) is 3.66. The molecule has 0 spiro atoms. The lowest BCUT2D eigenvalue weighted by Gasteiger charge is -2.32. The van der Waals surface area contributed by atoms with Crippen LogP contribution in [0.15, 0.2) is 0 Å². The van der Waals surface area contributed by atoms with Gasteiger partial charge in [-0.1, -0.05) is 27.2 Å². The van der Waals surface area contributed by atoms with Gasteiger partial charge >= 0.3 is 5.97 Å². The lowest BCUT2D eigenvalue weighted by molar-refractivity contribution is -0.146. The third-order valence-electron chi connectivity index (χ3n) is 3.66. The van der Waals surface area contributed by atoms with Gasteiger partial charge in [0.2, 0.25) is 5.91 Å². The predicted molar refractivity (Wildman–Crippen MR) is 71.8 cm³/mol. The van der Waals surface area contributed by atoms with Crippen LogP contribution in [0.4, 0.5) is 0 Å². The minimum absolute atomic E-state index is 0.0494. The standard InChI is InChI=1S/C14H25NO4/c1-4-6-10(3)13(16)15(7-5-2)12-9-19-8-11(12)14(17)18/h10-12H,4-9H2,1-3H3,(H,17,18). The molecule has 0 aliphatic carbocycles. The van der Waals surface area contributed by atoms with Crippen LogP contribution in [0.25, 0.3) is 0 Å². The van der Waals surface area contributed by atoms with Crippen molar-refractivity contribution < 1.29 is 19.4 Å². The van der Waals surface area contributed by atoms with E-state index in [4.69, 9.17) is 4.74 Å². The van der Waals surface area contributed by atoms with E-state index in [9.17, 15) is 14.7 Å². The largest absolute Gasteiger partial charge is 0.481 e. The fraction of sp³-hybridized carbons (Fsp3) is 0.857. The van der Waals surface area contributed by atoms with Crippen LogP contribution >= 0.6 is 0 Å². The number of amides is 1. The summed E-state index contributed by atoms with van der Waals surface area (Å²) in [5, 5.41) is 9.21. The summed E-state index contributed by atoms with van der Waals surface area (Å²) in [4.78, 5) is 25.4. The van der Waals surface area contributed by atoms with Crippen LogP contribution in [0.1, 0.15) is 40.0 Å². The molecule has 19 heavy (non-hydrogen) atoms. The van der Waals surface area contributed by atoms with Crippen molar-refractivity contribution in [3.8, 4) is 0 Å². The molecule has 1 amide bonds. The summed E-state index contributed by atoms with van der Waals surface area (Å²) in [6.45, 7) is 7.10. The zero-order chi connectivity index (χ0) is 14.4. The van der Waals surface area contributed by atoms with Gasteiger partial charge in [-0.15, -0.1) is 0 Å². The molecule has 0 saturated carbocycles. The first kappa shape index (κ1) is 16.0. The van der Waals surface area contributed by atoms with Crippen molar-refractivity contribution >= 4 is 11.9 Å².